The average molecular weight is 229 g/mol. The van der Waals surface area contributed by atoms with E-state index in [1.165, 1.54) is 11.6 Å². The highest BCUT2D eigenvalue weighted by Gasteiger charge is 2.05. The van der Waals surface area contributed by atoms with E-state index in [1.807, 2.05) is 18.2 Å². The SMILES string of the molecule is CCCc1cccc(-c2ccc(N)cc2F)c1. The Labute approximate surface area is 101 Å². The normalized spacial score (nSPS) is 10.5. The maximum absolute atomic E-state index is 13.8. The number of aryl methyl sites for hydroxylation is 1. The molecular weight excluding hydrogens is 213 g/mol. The van der Waals surface area contributed by atoms with Gasteiger partial charge in [-0.15, -0.1) is 0 Å². The van der Waals surface area contributed by atoms with E-state index in [0.29, 0.717) is 11.3 Å². The second-order valence-electron chi connectivity index (χ2n) is 4.19. The van der Waals surface area contributed by atoms with Gasteiger partial charge in [0.2, 0.25) is 0 Å². The molecule has 88 valence electrons. The van der Waals surface area contributed by atoms with Gasteiger partial charge in [0, 0.05) is 11.3 Å². The third-order valence-corrected chi connectivity index (χ3v) is 2.77. The van der Waals surface area contributed by atoms with E-state index < -0.39 is 0 Å². The molecule has 1 nitrogen and oxygen atoms in total. The van der Waals surface area contributed by atoms with Crippen molar-refractivity contribution in [1.29, 1.82) is 0 Å². The Balaban J connectivity index is 2.42. The van der Waals surface area contributed by atoms with Crippen molar-refractivity contribution in [3.8, 4) is 11.1 Å². The Kier molecular flexibility index (Phi) is 3.43. The van der Waals surface area contributed by atoms with Crippen molar-refractivity contribution < 1.29 is 4.39 Å². The van der Waals surface area contributed by atoms with Crippen LogP contribution >= 0.6 is 0 Å². The minimum atomic E-state index is -0.265. The molecule has 0 spiro atoms. The lowest BCUT2D eigenvalue weighted by Crippen LogP contribution is -1.90. The van der Waals surface area contributed by atoms with Crippen LogP contribution in [0.15, 0.2) is 42.5 Å². The molecule has 0 unspecified atom stereocenters. The maximum atomic E-state index is 13.8. The standard InChI is InChI=1S/C15H16FN/c1-2-4-11-5-3-6-12(9-11)14-8-7-13(17)10-15(14)16/h3,5-10H,2,4,17H2,1H3. The average Bonchev–Trinajstić information content (AvgIpc) is 2.29. The molecule has 2 N–H and O–H groups in total. The molecule has 2 aromatic rings. The van der Waals surface area contributed by atoms with Crippen molar-refractivity contribution in [3.05, 3.63) is 53.8 Å². The molecule has 0 aliphatic carbocycles. The van der Waals surface area contributed by atoms with Gasteiger partial charge in [0.1, 0.15) is 5.82 Å². The molecule has 2 rings (SSSR count). The van der Waals surface area contributed by atoms with E-state index in [-0.39, 0.29) is 5.82 Å². The predicted octanol–water partition coefficient (Wildman–Crippen LogP) is 4.03. The van der Waals surface area contributed by atoms with Gasteiger partial charge in [-0.3, -0.25) is 0 Å². The first-order chi connectivity index (χ1) is 8.20. The molecule has 0 amide bonds. The van der Waals surface area contributed by atoms with E-state index in [0.717, 1.165) is 18.4 Å². The number of nitrogens with two attached hydrogens (primary N) is 1. The smallest absolute Gasteiger partial charge is 0.133 e. The third-order valence-electron chi connectivity index (χ3n) is 2.77. The Morgan fingerprint density at radius 3 is 2.65 bits per heavy atom. The third kappa shape index (κ3) is 2.64. The summed E-state index contributed by atoms with van der Waals surface area (Å²) < 4.78 is 13.8. The molecule has 0 atom stereocenters. The molecule has 0 bridgehead atoms. The van der Waals surface area contributed by atoms with Crippen LogP contribution in [0.5, 0.6) is 0 Å². The summed E-state index contributed by atoms with van der Waals surface area (Å²) in [4.78, 5) is 0. The van der Waals surface area contributed by atoms with Gasteiger partial charge in [0.05, 0.1) is 0 Å². The van der Waals surface area contributed by atoms with Gasteiger partial charge in [-0.05, 0) is 35.7 Å². The molecule has 0 aliphatic rings. The van der Waals surface area contributed by atoms with Crippen LogP contribution in [0.25, 0.3) is 11.1 Å². The van der Waals surface area contributed by atoms with Gasteiger partial charge in [0.25, 0.3) is 0 Å². The molecule has 0 radical (unpaired) electrons. The first-order valence-electron chi connectivity index (χ1n) is 5.85. The second-order valence-corrected chi connectivity index (χ2v) is 4.19. The van der Waals surface area contributed by atoms with Crippen molar-refractivity contribution in [2.75, 3.05) is 5.73 Å². The molecule has 0 saturated heterocycles. The summed E-state index contributed by atoms with van der Waals surface area (Å²) in [5.74, 6) is -0.265. The summed E-state index contributed by atoms with van der Waals surface area (Å²) in [7, 11) is 0. The van der Waals surface area contributed by atoms with Gasteiger partial charge in [0.15, 0.2) is 0 Å². The van der Waals surface area contributed by atoms with Crippen molar-refractivity contribution in [3.63, 3.8) is 0 Å². The maximum Gasteiger partial charge on any atom is 0.133 e. The zero-order chi connectivity index (χ0) is 12.3. The second kappa shape index (κ2) is 5.00. The Morgan fingerprint density at radius 2 is 1.94 bits per heavy atom. The molecule has 17 heavy (non-hydrogen) atoms. The van der Waals surface area contributed by atoms with Crippen LogP contribution in [0.4, 0.5) is 10.1 Å². The number of halogens is 1. The van der Waals surface area contributed by atoms with Crippen LogP contribution in [0, 0.1) is 5.82 Å². The minimum absolute atomic E-state index is 0.265. The van der Waals surface area contributed by atoms with Crippen LogP contribution in [-0.4, -0.2) is 0 Å². The summed E-state index contributed by atoms with van der Waals surface area (Å²) in [6.45, 7) is 2.14. The summed E-state index contributed by atoms with van der Waals surface area (Å²) >= 11 is 0. The molecule has 0 heterocycles. The van der Waals surface area contributed by atoms with Crippen molar-refractivity contribution >= 4 is 5.69 Å². The first-order valence-corrected chi connectivity index (χ1v) is 5.85. The van der Waals surface area contributed by atoms with E-state index >= 15 is 0 Å². The zero-order valence-corrected chi connectivity index (χ0v) is 9.91. The largest absolute Gasteiger partial charge is 0.399 e. The highest BCUT2D eigenvalue weighted by Crippen LogP contribution is 2.25. The molecule has 0 saturated carbocycles. The van der Waals surface area contributed by atoms with Gasteiger partial charge >= 0.3 is 0 Å². The summed E-state index contributed by atoms with van der Waals surface area (Å²) in [5, 5.41) is 0. The van der Waals surface area contributed by atoms with Crippen molar-refractivity contribution in [2.24, 2.45) is 0 Å². The molecule has 0 aromatic heterocycles. The van der Waals surface area contributed by atoms with Gasteiger partial charge in [-0.1, -0.05) is 37.6 Å². The van der Waals surface area contributed by atoms with Crippen LogP contribution in [-0.2, 0) is 6.42 Å². The Bertz CT molecular complexity index is 520. The Hall–Kier alpha value is -1.83. The van der Waals surface area contributed by atoms with E-state index in [2.05, 4.69) is 13.0 Å². The highest BCUT2D eigenvalue weighted by molar-refractivity contribution is 5.67. The fourth-order valence-electron chi connectivity index (χ4n) is 1.95. The van der Waals surface area contributed by atoms with Gasteiger partial charge in [-0.2, -0.15) is 0 Å². The quantitative estimate of drug-likeness (QED) is 0.790. The lowest BCUT2D eigenvalue weighted by atomic mass is 10.0. The lowest BCUT2D eigenvalue weighted by Gasteiger charge is -2.06. The lowest BCUT2D eigenvalue weighted by molar-refractivity contribution is 0.632. The molecule has 2 heteroatoms. The number of benzene rings is 2. The Morgan fingerprint density at radius 1 is 1.12 bits per heavy atom. The van der Waals surface area contributed by atoms with Crippen molar-refractivity contribution in [1.82, 2.24) is 0 Å². The van der Waals surface area contributed by atoms with Crippen LogP contribution in [0.2, 0.25) is 0 Å². The van der Waals surface area contributed by atoms with Crippen LogP contribution in [0.1, 0.15) is 18.9 Å². The summed E-state index contributed by atoms with van der Waals surface area (Å²) in [5.41, 5.74) is 8.75. The number of nitrogen functional groups attached to an aromatic ring is 1. The number of hydrogen-bond acceptors (Lipinski definition) is 1. The van der Waals surface area contributed by atoms with Crippen molar-refractivity contribution in [2.45, 2.75) is 19.8 Å². The molecular formula is C15H16FN. The monoisotopic (exact) mass is 229 g/mol. The summed E-state index contributed by atoms with van der Waals surface area (Å²) in [6.07, 6.45) is 2.11. The van der Waals surface area contributed by atoms with E-state index in [4.69, 9.17) is 5.73 Å². The first kappa shape index (κ1) is 11.6. The van der Waals surface area contributed by atoms with Crippen LogP contribution < -0.4 is 5.73 Å². The zero-order valence-electron chi connectivity index (χ0n) is 9.91. The van der Waals surface area contributed by atoms with E-state index in [1.54, 1.807) is 12.1 Å². The van der Waals surface area contributed by atoms with Gasteiger partial charge in [-0.25, -0.2) is 4.39 Å². The molecule has 0 aliphatic heterocycles. The van der Waals surface area contributed by atoms with E-state index in [9.17, 15) is 4.39 Å². The van der Waals surface area contributed by atoms with Gasteiger partial charge < -0.3 is 5.73 Å². The topological polar surface area (TPSA) is 26.0 Å². The number of rotatable bonds is 3. The van der Waals surface area contributed by atoms with Crippen LogP contribution in [0.3, 0.4) is 0 Å². The fraction of sp³-hybridized carbons (Fsp3) is 0.200. The molecule has 2 aromatic carbocycles. The highest BCUT2D eigenvalue weighted by atomic mass is 19.1. The number of hydrogen-bond donors (Lipinski definition) is 1. The minimum Gasteiger partial charge on any atom is -0.399 e. The predicted molar refractivity (Wildman–Crippen MR) is 70.2 cm³/mol. The summed E-state index contributed by atoms with van der Waals surface area (Å²) in [6, 6.07) is 12.8. The molecule has 0 fully saturated rings. The fourth-order valence-corrected chi connectivity index (χ4v) is 1.95. The number of anilines is 1.